The molecule has 0 spiro atoms. The maximum atomic E-state index is 4.55. The second-order valence-corrected chi connectivity index (χ2v) is 5.63. The summed E-state index contributed by atoms with van der Waals surface area (Å²) in [7, 11) is 6.09. The predicted octanol–water partition coefficient (Wildman–Crippen LogP) is 3.22. The zero-order valence-electron chi connectivity index (χ0n) is 13.0. The van der Waals surface area contributed by atoms with Gasteiger partial charge in [-0.1, -0.05) is 26.0 Å². The normalized spacial score (nSPS) is 10.9. The van der Waals surface area contributed by atoms with E-state index in [2.05, 4.69) is 73.7 Å². The highest BCUT2D eigenvalue weighted by atomic mass is 15.3. The fraction of sp³-hybridized carbons (Fsp3) is 0.438. The third kappa shape index (κ3) is 3.13. The Kier molecular flexibility index (Phi) is 4.32. The summed E-state index contributed by atoms with van der Waals surface area (Å²) >= 11 is 0. The maximum absolute atomic E-state index is 4.55. The molecule has 0 amide bonds. The van der Waals surface area contributed by atoms with E-state index >= 15 is 0 Å². The van der Waals surface area contributed by atoms with Crippen molar-refractivity contribution < 1.29 is 0 Å². The van der Waals surface area contributed by atoms with Crippen LogP contribution in [0.2, 0.25) is 0 Å². The van der Waals surface area contributed by atoms with Crippen molar-refractivity contribution in [3.63, 3.8) is 0 Å². The summed E-state index contributed by atoms with van der Waals surface area (Å²) < 4.78 is 1.89. The smallest absolute Gasteiger partial charge is 0.0699 e. The van der Waals surface area contributed by atoms with Gasteiger partial charge in [0.05, 0.1) is 17.1 Å². The Bertz CT molecular complexity index is 570. The molecule has 108 valence electrons. The Labute approximate surface area is 121 Å². The molecule has 0 fully saturated rings. The lowest BCUT2D eigenvalue weighted by Gasteiger charge is -2.18. The number of aryl methyl sites for hydroxylation is 1. The lowest BCUT2D eigenvalue weighted by molar-refractivity contribution is 0.712. The van der Waals surface area contributed by atoms with Crippen LogP contribution in [0, 0.1) is 0 Å². The molecule has 1 aromatic carbocycles. The molecule has 1 N–H and O–H groups in total. The van der Waals surface area contributed by atoms with Crippen molar-refractivity contribution in [1.29, 1.82) is 0 Å². The molecule has 0 atom stereocenters. The molecule has 0 bridgehead atoms. The highest BCUT2D eigenvalue weighted by Gasteiger charge is 2.11. The number of nitrogens with zero attached hydrogens (tertiary/aromatic N) is 3. The molecule has 2 aromatic rings. The number of rotatable bonds is 5. The van der Waals surface area contributed by atoms with Gasteiger partial charge < -0.3 is 10.2 Å². The summed E-state index contributed by atoms with van der Waals surface area (Å²) in [6.45, 7) is 5.16. The first-order valence-corrected chi connectivity index (χ1v) is 7.01. The summed E-state index contributed by atoms with van der Waals surface area (Å²) in [6, 6.07) is 8.35. The van der Waals surface area contributed by atoms with Gasteiger partial charge >= 0.3 is 0 Å². The molecule has 0 saturated heterocycles. The van der Waals surface area contributed by atoms with E-state index in [1.807, 2.05) is 11.7 Å². The molecule has 0 saturated carbocycles. The van der Waals surface area contributed by atoms with Gasteiger partial charge in [-0.15, -0.1) is 0 Å². The SMILES string of the molecule is CC(C)c1nn(C)cc1CNc1ccccc1N(C)C. The summed E-state index contributed by atoms with van der Waals surface area (Å²) in [5, 5.41) is 8.07. The highest BCUT2D eigenvalue weighted by molar-refractivity contribution is 5.69. The minimum absolute atomic E-state index is 0.442. The van der Waals surface area contributed by atoms with Gasteiger partial charge in [0.15, 0.2) is 0 Å². The molecule has 0 aliphatic rings. The van der Waals surface area contributed by atoms with Crippen molar-refractivity contribution >= 4 is 11.4 Å². The summed E-state index contributed by atoms with van der Waals surface area (Å²) in [5.74, 6) is 0.442. The fourth-order valence-electron chi connectivity index (χ4n) is 2.38. The van der Waals surface area contributed by atoms with Crippen molar-refractivity contribution in [2.24, 2.45) is 7.05 Å². The van der Waals surface area contributed by atoms with Crippen LogP contribution in [0.3, 0.4) is 0 Å². The average Bonchev–Trinajstić information content (AvgIpc) is 2.78. The molecule has 4 nitrogen and oxygen atoms in total. The van der Waals surface area contributed by atoms with Gasteiger partial charge in [0.1, 0.15) is 0 Å². The second kappa shape index (κ2) is 5.99. The Morgan fingerprint density at radius 2 is 1.95 bits per heavy atom. The Morgan fingerprint density at radius 3 is 2.60 bits per heavy atom. The summed E-state index contributed by atoms with van der Waals surface area (Å²) in [5.41, 5.74) is 4.77. The van der Waals surface area contributed by atoms with E-state index in [0.29, 0.717) is 5.92 Å². The van der Waals surface area contributed by atoms with Crippen LogP contribution in [0.1, 0.15) is 31.0 Å². The van der Waals surface area contributed by atoms with E-state index in [-0.39, 0.29) is 0 Å². The van der Waals surface area contributed by atoms with Crippen LogP contribution < -0.4 is 10.2 Å². The quantitative estimate of drug-likeness (QED) is 0.907. The Morgan fingerprint density at radius 1 is 1.25 bits per heavy atom. The van der Waals surface area contributed by atoms with Crippen LogP contribution in [-0.4, -0.2) is 23.9 Å². The first-order chi connectivity index (χ1) is 9.49. The maximum Gasteiger partial charge on any atom is 0.0699 e. The zero-order chi connectivity index (χ0) is 14.7. The Hall–Kier alpha value is -1.97. The van der Waals surface area contributed by atoms with E-state index < -0.39 is 0 Å². The lowest BCUT2D eigenvalue weighted by atomic mass is 10.1. The number of hydrogen-bond acceptors (Lipinski definition) is 3. The van der Waals surface area contributed by atoms with Gasteiger partial charge in [0, 0.05) is 39.4 Å². The van der Waals surface area contributed by atoms with Gasteiger partial charge in [0.2, 0.25) is 0 Å². The van der Waals surface area contributed by atoms with E-state index in [1.165, 1.54) is 16.9 Å². The van der Waals surface area contributed by atoms with Crippen molar-refractivity contribution in [3.05, 3.63) is 41.7 Å². The van der Waals surface area contributed by atoms with Crippen molar-refractivity contribution in [3.8, 4) is 0 Å². The van der Waals surface area contributed by atoms with Gasteiger partial charge in [-0.25, -0.2) is 0 Å². The number of para-hydroxylation sites is 2. The number of anilines is 2. The first kappa shape index (κ1) is 14.4. The van der Waals surface area contributed by atoms with Gasteiger partial charge in [-0.05, 0) is 18.1 Å². The standard InChI is InChI=1S/C16H24N4/c1-12(2)16-13(11-20(5)18-16)10-17-14-8-6-7-9-15(14)19(3)4/h6-9,11-12,17H,10H2,1-5H3. The van der Waals surface area contributed by atoms with Crippen LogP contribution in [0.5, 0.6) is 0 Å². The molecule has 0 aliphatic carbocycles. The molecular formula is C16H24N4. The van der Waals surface area contributed by atoms with E-state index in [4.69, 9.17) is 0 Å². The van der Waals surface area contributed by atoms with E-state index in [1.54, 1.807) is 0 Å². The summed E-state index contributed by atoms with van der Waals surface area (Å²) in [6.07, 6.45) is 2.10. The van der Waals surface area contributed by atoms with Gasteiger partial charge in [0.25, 0.3) is 0 Å². The number of aromatic nitrogens is 2. The molecule has 1 heterocycles. The predicted molar refractivity (Wildman–Crippen MR) is 85.4 cm³/mol. The lowest BCUT2D eigenvalue weighted by Crippen LogP contribution is -2.12. The molecule has 0 unspecified atom stereocenters. The highest BCUT2D eigenvalue weighted by Crippen LogP contribution is 2.25. The van der Waals surface area contributed by atoms with Crippen LogP contribution >= 0.6 is 0 Å². The average molecular weight is 272 g/mol. The molecule has 20 heavy (non-hydrogen) atoms. The van der Waals surface area contributed by atoms with Crippen LogP contribution in [0.4, 0.5) is 11.4 Å². The van der Waals surface area contributed by atoms with Gasteiger partial charge in [-0.2, -0.15) is 5.10 Å². The molecular weight excluding hydrogens is 248 g/mol. The minimum atomic E-state index is 0.442. The summed E-state index contributed by atoms with van der Waals surface area (Å²) in [4.78, 5) is 2.12. The Balaban J connectivity index is 2.17. The molecule has 1 aromatic heterocycles. The van der Waals surface area contributed by atoms with E-state index in [0.717, 1.165) is 12.2 Å². The fourth-order valence-corrected chi connectivity index (χ4v) is 2.38. The molecule has 4 heteroatoms. The second-order valence-electron chi connectivity index (χ2n) is 5.63. The molecule has 0 radical (unpaired) electrons. The van der Waals surface area contributed by atoms with Crippen LogP contribution in [0.25, 0.3) is 0 Å². The third-order valence-electron chi connectivity index (χ3n) is 3.34. The van der Waals surface area contributed by atoms with Crippen LogP contribution in [-0.2, 0) is 13.6 Å². The van der Waals surface area contributed by atoms with Gasteiger partial charge in [-0.3, -0.25) is 4.68 Å². The van der Waals surface area contributed by atoms with E-state index in [9.17, 15) is 0 Å². The molecule has 0 aliphatic heterocycles. The van der Waals surface area contributed by atoms with Crippen molar-refractivity contribution in [2.45, 2.75) is 26.3 Å². The largest absolute Gasteiger partial charge is 0.379 e. The van der Waals surface area contributed by atoms with Crippen molar-refractivity contribution in [2.75, 3.05) is 24.3 Å². The number of nitrogens with one attached hydrogen (secondary N) is 1. The number of benzene rings is 1. The number of hydrogen-bond donors (Lipinski definition) is 1. The minimum Gasteiger partial charge on any atom is -0.379 e. The third-order valence-corrected chi connectivity index (χ3v) is 3.34. The first-order valence-electron chi connectivity index (χ1n) is 7.01. The van der Waals surface area contributed by atoms with Crippen LogP contribution in [0.15, 0.2) is 30.5 Å². The monoisotopic (exact) mass is 272 g/mol. The van der Waals surface area contributed by atoms with Crippen molar-refractivity contribution in [1.82, 2.24) is 9.78 Å². The topological polar surface area (TPSA) is 33.1 Å². The zero-order valence-corrected chi connectivity index (χ0v) is 13.0. The molecule has 2 rings (SSSR count).